The summed E-state index contributed by atoms with van der Waals surface area (Å²) in [5, 5.41) is 8.85. The molecule has 1 heterocycles. The minimum absolute atomic E-state index is 0.0562. The molecular weight excluding hydrogens is 214 g/mol. The molecule has 14 heavy (non-hydrogen) atoms. The van der Waals surface area contributed by atoms with Crippen LogP contribution in [0.1, 0.15) is 23.4 Å². The standard InChI is InChI=1S/C8H9ClF2N2O/c9-2-6-7(12)4(3-14)1-5(13-6)8(10)11/h1,8,14H,2-3,12H2. The highest BCUT2D eigenvalue weighted by Crippen LogP contribution is 2.24. The fourth-order valence-electron chi connectivity index (χ4n) is 1.03. The van der Waals surface area contributed by atoms with Crippen LogP contribution in [0.25, 0.3) is 0 Å². The summed E-state index contributed by atoms with van der Waals surface area (Å²) in [5.74, 6) is -0.0562. The zero-order valence-electron chi connectivity index (χ0n) is 7.17. The van der Waals surface area contributed by atoms with E-state index >= 15 is 0 Å². The molecule has 0 aliphatic heterocycles. The van der Waals surface area contributed by atoms with Gasteiger partial charge in [-0.05, 0) is 6.07 Å². The van der Waals surface area contributed by atoms with Gasteiger partial charge in [0.15, 0.2) is 0 Å². The van der Waals surface area contributed by atoms with E-state index in [1.165, 1.54) is 0 Å². The number of hydrogen-bond acceptors (Lipinski definition) is 3. The van der Waals surface area contributed by atoms with Crippen molar-refractivity contribution >= 4 is 17.3 Å². The Labute approximate surface area is 84.5 Å². The Bertz CT molecular complexity index is 308. The zero-order chi connectivity index (χ0) is 10.7. The third-order valence-corrected chi connectivity index (χ3v) is 2.02. The van der Waals surface area contributed by atoms with Gasteiger partial charge in [-0.1, -0.05) is 0 Å². The first-order valence-electron chi connectivity index (χ1n) is 3.83. The molecule has 0 saturated carbocycles. The molecule has 0 aromatic carbocycles. The van der Waals surface area contributed by atoms with Gasteiger partial charge < -0.3 is 10.8 Å². The highest BCUT2D eigenvalue weighted by molar-refractivity contribution is 6.17. The molecular formula is C8H9ClF2N2O. The molecule has 0 aliphatic rings. The number of aromatic nitrogens is 1. The zero-order valence-corrected chi connectivity index (χ0v) is 7.93. The Morgan fingerprint density at radius 2 is 2.21 bits per heavy atom. The van der Waals surface area contributed by atoms with Crippen molar-refractivity contribution in [3.63, 3.8) is 0 Å². The second kappa shape index (κ2) is 4.52. The number of nitrogen functional groups attached to an aromatic ring is 1. The minimum Gasteiger partial charge on any atom is -0.397 e. The summed E-state index contributed by atoms with van der Waals surface area (Å²) in [6.45, 7) is -0.405. The van der Waals surface area contributed by atoms with Crippen LogP contribution in [0.3, 0.4) is 0 Å². The maximum Gasteiger partial charge on any atom is 0.280 e. The van der Waals surface area contributed by atoms with Gasteiger partial charge in [0.25, 0.3) is 6.43 Å². The summed E-state index contributed by atoms with van der Waals surface area (Å²) in [6.07, 6.45) is -2.69. The molecule has 0 unspecified atom stereocenters. The summed E-state index contributed by atoms with van der Waals surface area (Å²) in [4.78, 5) is 3.58. The number of hydrogen-bond donors (Lipinski definition) is 2. The first kappa shape index (κ1) is 11.1. The van der Waals surface area contributed by atoms with Gasteiger partial charge in [0.1, 0.15) is 5.69 Å². The monoisotopic (exact) mass is 222 g/mol. The number of nitrogens with two attached hydrogens (primary N) is 1. The van der Waals surface area contributed by atoms with Crippen molar-refractivity contribution in [2.24, 2.45) is 0 Å². The molecule has 3 N–H and O–H groups in total. The number of aliphatic hydroxyl groups excluding tert-OH is 1. The third kappa shape index (κ3) is 2.10. The molecule has 3 nitrogen and oxygen atoms in total. The lowest BCUT2D eigenvalue weighted by atomic mass is 10.1. The van der Waals surface area contributed by atoms with Gasteiger partial charge in [-0.3, -0.25) is 0 Å². The van der Waals surface area contributed by atoms with Gasteiger partial charge in [-0.25, -0.2) is 13.8 Å². The molecule has 0 atom stereocenters. The molecule has 0 spiro atoms. The first-order chi connectivity index (χ1) is 6.60. The quantitative estimate of drug-likeness (QED) is 0.768. The Kier molecular flexibility index (Phi) is 3.60. The molecule has 0 fully saturated rings. The van der Waals surface area contributed by atoms with Crippen LogP contribution in [0.5, 0.6) is 0 Å². The summed E-state index contributed by atoms with van der Waals surface area (Å²) in [5.41, 5.74) is 5.68. The molecule has 0 amide bonds. The Morgan fingerprint density at radius 1 is 1.57 bits per heavy atom. The van der Waals surface area contributed by atoms with Crippen LogP contribution < -0.4 is 5.73 Å². The first-order valence-corrected chi connectivity index (χ1v) is 4.36. The van der Waals surface area contributed by atoms with E-state index in [1.807, 2.05) is 0 Å². The van der Waals surface area contributed by atoms with Crippen molar-refractivity contribution in [3.05, 3.63) is 23.0 Å². The number of aliphatic hydroxyl groups is 1. The van der Waals surface area contributed by atoms with E-state index in [0.29, 0.717) is 0 Å². The van der Waals surface area contributed by atoms with Crippen LogP contribution in [0.4, 0.5) is 14.5 Å². The van der Waals surface area contributed by atoms with Gasteiger partial charge in [-0.2, -0.15) is 0 Å². The normalized spacial score (nSPS) is 10.9. The molecule has 0 saturated heterocycles. The number of alkyl halides is 3. The maximum absolute atomic E-state index is 12.3. The molecule has 1 aromatic rings. The van der Waals surface area contributed by atoms with E-state index < -0.39 is 18.7 Å². The molecule has 78 valence electrons. The molecule has 1 aromatic heterocycles. The van der Waals surface area contributed by atoms with Gasteiger partial charge in [0.2, 0.25) is 0 Å². The van der Waals surface area contributed by atoms with Crippen molar-refractivity contribution in [2.45, 2.75) is 18.9 Å². The Balaban J connectivity index is 3.25. The third-order valence-electron chi connectivity index (χ3n) is 1.76. The van der Waals surface area contributed by atoms with E-state index in [9.17, 15) is 8.78 Å². The minimum atomic E-state index is -2.69. The largest absolute Gasteiger partial charge is 0.397 e. The Hall–Kier alpha value is -0.940. The van der Waals surface area contributed by atoms with E-state index in [2.05, 4.69) is 4.98 Å². The maximum atomic E-state index is 12.3. The lowest BCUT2D eigenvalue weighted by Crippen LogP contribution is -2.05. The van der Waals surface area contributed by atoms with Gasteiger partial charge in [-0.15, -0.1) is 11.6 Å². The topological polar surface area (TPSA) is 59.1 Å². The van der Waals surface area contributed by atoms with Crippen molar-refractivity contribution in [2.75, 3.05) is 5.73 Å². The van der Waals surface area contributed by atoms with Crippen LogP contribution in [-0.2, 0) is 12.5 Å². The van der Waals surface area contributed by atoms with Gasteiger partial charge in [0, 0.05) is 5.56 Å². The van der Waals surface area contributed by atoms with Gasteiger partial charge >= 0.3 is 0 Å². The van der Waals surface area contributed by atoms with Crippen LogP contribution in [-0.4, -0.2) is 10.1 Å². The average molecular weight is 223 g/mol. The highest BCUT2D eigenvalue weighted by atomic mass is 35.5. The Morgan fingerprint density at radius 3 is 2.64 bits per heavy atom. The van der Waals surface area contributed by atoms with Crippen molar-refractivity contribution in [3.8, 4) is 0 Å². The van der Waals surface area contributed by atoms with Crippen molar-refractivity contribution in [1.29, 1.82) is 0 Å². The molecule has 0 aliphatic carbocycles. The lowest BCUT2D eigenvalue weighted by Gasteiger charge is -2.09. The van der Waals surface area contributed by atoms with Crippen LogP contribution in [0, 0.1) is 0 Å². The summed E-state index contributed by atoms with van der Waals surface area (Å²) < 4.78 is 24.6. The van der Waals surface area contributed by atoms with E-state index in [0.717, 1.165) is 6.07 Å². The second-order valence-corrected chi connectivity index (χ2v) is 2.93. The predicted molar refractivity (Wildman–Crippen MR) is 49.1 cm³/mol. The highest BCUT2D eigenvalue weighted by Gasteiger charge is 2.14. The molecule has 0 radical (unpaired) electrons. The van der Waals surface area contributed by atoms with Gasteiger partial charge in [0.05, 0.1) is 23.9 Å². The summed E-state index contributed by atoms with van der Waals surface area (Å²) >= 11 is 5.47. The lowest BCUT2D eigenvalue weighted by molar-refractivity contribution is 0.145. The second-order valence-electron chi connectivity index (χ2n) is 2.66. The van der Waals surface area contributed by atoms with Crippen LogP contribution in [0.15, 0.2) is 6.07 Å². The summed E-state index contributed by atoms with van der Waals surface area (Å²) in [6, 6.07) is 1.08. The van der Waals surface area contributed by atoms with Crippen molar-refractivity contribution in [1.82, 2.24) is 4.98 Å². The van der Waals surface area contributed by atoms with E-state index in [1.54, 1.807) is 0 Å². The number of pyridine rings is 1. The SMILES string of the molecule is Nc1c(CO)cc(C(F)F)nc1CCl. The van der Waals surface area contributed by atoms with Crippen LogP contribution in [0.2, 0.25) is 0 Å². The number of rotatable bonds is 3. The molecule has 6 heteroatoms. The fraction of sp³-hybridized carbons (Fsp3) is 0.375. The summed E-state index contributed by atoms with van der Waals surface area (Å²) in [7, 11) is 0. The predicted octanol–water partition coefficient (Wildman–Crippen LogP) is 1.83. The number of nitrogens with zero attached hydrogens (tertiary/aromatic N) is 1. The number of anilines is 1. The van der Waals surface area contributed by atoms with E-state index in [-0.39, 0.29) is 22.8 Å². The molecule has 0 bridgehead atoms. The molecule has 1 rings (SSSR count). The fourth-order valence-corrected chi connectivity index (χ4v) is 1.24. The number of halogens is 3. The van der Waals surface area contributed by atoms with Crippen molar-refractivity contribution < 1.29 is 13.9 Å². The average Bonchev–Trinajstić information content (AvgIpc) is 2.17. The smallest absolute Gasteiger partial charge is 0.280 e. The van der Waals surface area contributed by atoms with E-state index in [4.69, 9.17) is 22.4 Å². The van der Waals surface area contributed by atoms with Crippen LogP contribution >= 0.6 is 11.6 Å².